The molecule has 1 atom stereocenters. The van der Waals surface area contributed by atoms with Crippen molar-refractivity contribution in [2.75, 3.05) is 19.6 Å². The van der Waals surface area contributed by atoms with Gasteiger partial charge in [0.05, 0.1) is 12.5 Å². The van der Waals surface area contributed by atoms with Crippen molar-refractivity contribution in [2.24, 2.45) is 11.7 Å². The lowest BCUT2D eigenvalue weighted by Crippen LogP contribution is -2.45. The number of amides is 2. The number of hydrogen-bond acceptors (Lipinski definition) is 3. The second-order valence-electron chi connectivity index (χ2n) is 5.33. The number of piperidine rings is 1. The molecule has 1 aliphatic rings. The maximum atomic E-state index is 12.6. The van der Waals surface area contributed by atoms with E-state index in [9.17, 15) is 9.59 Å². The summed E-state index contributed by atoms with van der Waals surface area (Å²) in [6, 6.07) is 7.71. The van der Waals surface area contributed by atoms with Crippen LogP contribution >= 0.6 is 15.9 Å². The molecule has 0 bridgehead atoms. The number of nitrogens with zero attached hydrogens (tertiary/aromatic N) is 1. The molecule has 1 saturated heterocycles. The van der Waals surface area contributed by atoms with Crippen molar-refractivity contribution in [3.8, 4) is 0 Å². The molecule has 114 valence electrons. The van der Waals surface area contributed by atoms with E-state index in [1.165, 1.54) is 0 Å². The standard InChI is InChI=1S/C15H20BrN3O2/c16-13-5-3-11(4-6-13)9-19(10-14(17)20)15(21)12-2-1-7-18-8-12/h3-6,12,18H,1-2,7-10H2,(H2,17,20)/t12-/m1/s1. The van der Waals surface area contributed by atoms with Crippen LogP contribution in [-0.4, -0.2) is 36.3 Å². The molecule has 0 aliphatic carbocycles. The molecule has 1 fully saturated rings. The molecule has 3 N–H and O–H groups in total. The third-order valence-electron chi connectivity index (χ3n) is 3.59. The van der Waals surface area contributed by atoms with Gasteiger partial charge in [-0.25, -0.2) is 0 Å². The molecule has 0 spiro atoms. The van der Waals surface area contributed by atoms with E-state index in [-0.39, 0.29) is 18.4 Å². The Bertz CT molecular complexity index is 498. The van der Waals surface area contributed by atoms with Crippen molar-refractivity contribution in [3.05, 3.63) is 34.3 Å². The van der Waals surface area contributed by atoms with E-state index in [1.54, 1.807) is 4.90 Å². The smallest absolute Gasteiger partial charge is 0.237 e. The van der Waals surface area contributed by atoms with E-state index >= 15 is 0 Å². The summed E-state index contributed by atoms with van der Waals surface area (Å²) in [6.07, 6.45) is 1.85. The summed E-state index contributed by atoms with van der Waals surface area (Å²) in [5.41, 5.74) is 6.27. The fourth-order valence-corrected chi connectivity index (χ4v) is 2.80. The zero-order valence-electron chi connectivity index (χ0n) is 11.8. The van der Waals surface area contributed by atoms with Gasteiger partial charge in [-0.1, -0.05) is 28.1 Å². The predicted octanol–water partition coefficient (Wildman–Crippen LogP) is 1.26. The van der Waals surface area contributed by atoms with Crippen LogP contribution in [0, 0.1) is 5.92 Å². The molecule has 1 aliphatic heterocycles. The van der Waals surface area contributed by atoms with Crippen molar-refractivity contribution >= 4 is 27.7 Å². The molecular weight excluding hydrogens is 334 g/mol. The average Bonchev–Trinajstić information content (AvgIpc) is 2.48. The molecule has 5 nitrogen and oxygen atoms in total. The lowest BCUT2D eigenvalue weighted by Gasteiger charge is -2.29. The zero-order valence-corrected chi connectivity index (χ0v) is 13.4. The van der Waals surface area contributed by atoms with Crippen molar-refractivity contribution in [3.63, 3.8) is 0 Å². The van der Waals surface area contributed by atoms with Gasteiger partial charge in [0.25, 0.3) is 0 Å². The number of benzene rings is 1. The maximum absolute atomic E-state index is 12.6. The summed E-state index contributed by atoms with van der Waals surface area (Å²) in [5.74, 6) is -0.540. The highest BCUT2D eigenvalue weighted by Gasteiger charge is 2.26. The minimum absolute atomic E-state index is 0.00363. The summed E-state index contributed by atoms with van der Waals surface area (Å²) < 4.78 is 0.982. The van der Waals surface area contributed by atoms with E-state index in [0.717, 1.165) is 29.4 Å². The summed E-state index contributed by atoms with van der Waals surface area (Å²) in [6.45, 7) is 2.00. The first kappa shape index (κ1) is 16.0. The molecule has 0 saturated carbocycles. The first-order valence-electron chi connectivity index (χ1n) is 7.08. The van der Waals surface area contributed by atoms with Gasteiger partial charge in [0.15, 0.2) is 0 Å². The Labute approximate surface area is 133 Å². The topological polar surface area (TPSA) is 75.4 Å². The number of carbonyl (C=O) groups excluding carboxylic acids is 2. The SMILES string of the molecule is NC(=O)CN(Cc1ccc(Br)cc1)C(=O)[C@@H]1CCCNC1. The summed E-state index contributed by atoms with van der Waals surface area (Å²) in [7, 11) is 0. The van der Waals surface area contributed by atoms with E-state index in [1.807, 2.05) is 24.3 Å². The Morgan fingerprint density at radius 3 is 2.62 bits per heavy atom. The van der Waals surface area contributed by atoms with Crippen LogP contribution in [0.3, 0.4) is 0 Å². The molecule has 0 unspecified atom stereocenters. The van der Waals surface area contributed by atoms with E-state index < -0.39 is 5.91 Å². The molecule has 0 aromatic heterocycles. The van der Waals surface area contributed by atoms with Gasteiger partial charge in [-0.2, -0.15) is 0 Å². The molecule has 1 heterocycles. The van der Waals surface area contributed by atoms with Gasteiger partial charge < -0.3 is 16.0 Å². The monoisotopic (exact) mass is 353 g/mol. The van der Waals surface area contributed by atoms with Crippen LogP contribution in [-0.2, 0) is 16.1 Å². The summed E-state index contributed by atoms with van der Waals surface area (Å²) in [5, 5.41) is 3.23. The van der Waals surface area contributed by atoms with E-state index in [0.29, 0.717) is 13.1 Å². The van der Waals surface area contributed by atoms with Gasteiger partial charge >= 0.3 is 0 Å². The summed E-state index contributed by atoms with van der Waals surface area (Å²) in [4.78, 5) is 25.4. The number of rotatable bonds is 5. The molecule has 2 rings (SSSR count). The normalized spacial score (nSPS) is 18.2. The van der Waals surface area contributed by atoms with Gasteiger partial charge in [0.1, 0.15) is 0 Å². The maximum Gasteiger partial charge on any atom is 0.237 e. The minimum atomic E-state index is -0.482. The van der Waals surface area contributed by atoms with Crippen LogP contribution in [0.5, 0.6) is 0 Å². The lowest BCUT2D eigenvalue weighted by atomic mass is 9.98. The van der Waals surface area contributed by atoms with Gasteiger partial charge in [0.2, 0.25) is 11.8 Å². The fourth-order valence-electron chi connectivity index (χ4n) is 2.53. The Morgan fingerprint density at radius 2 is 2.05 bits per heavy atom. The van der Waals surface area contributed by atoms with Crippen molar-refractivity contribution in [1.29, 1.82) is 0 Å². The molecular formula is C15H20BrN3O2. The van der Waals surface area contributed by atoms with Gasteiger partial charge in [-0.05, 0) is 37.1 Å². The van der Waals surface area contributed by atoms with Crippen LogP contribution in [0.1, 0.15) is 18.4 Å². The molecule has 21 heavy (non-hydrogen) atoms. The molecule has 0 radical (unpaired) electrons. The highest BCUT2D eigenvalue weighted by atomic mass is 79.9. The van der Waals surface area contributed by atoms with Crippen LogP contribution in [0.25, 0.3) is 0 Å². The third kappa shape index (κ3) is 4.82. The van der Waals surface area contributed by atoms with Gasteiger partial charge in [-0.15, -0.1) is 0 Å². The highest BCUT2D eigenvalue weighted by Crippen LogP contribution is 2.17. The molecule has 1 aromatic carbocycles. The van der Waals surface area contributed by atoms with Crippen LogP contribution < -0.4 is 11.1 Å². The average molecular weight is 354 g/mol. The number of nitrogens with one attached hydrogen (secondary N) is 1. The second kappa shape index (κ2) is 7.56. The first-order valence-corrected chi connectivity index (χ1v) is 7.88. The summed E-state index contributed by atoms with van der Waals surface area (Å²) >= 11 is 3.38. The Kier molecular flexibility index (Phi) is 5.76. The minimum Gasteiger partial charge on any atom is -0.368 e. The number of primary amides is 1. The molecule has 6 heteroatoms. The Morgan fingerprint density at radius 1 is 1.33 bits per heavy atom. The lowest BCUT2D eigenvalue weighted by molar-refractivity contribution is -0.139. The number of nitrogens with two attached hydrogens (primary N) is 1. The zero-order chi connectivity index (χ0) is 15.2. The van der Waals surface area contributed by atoms with Crippen LogP contribution in [0.15, 0.2) is 28.7 Å². The van der Waals surface area contributed by atoms with Crippen molar-refractivity contribution < 1.29 is 9.59 Å². The fraction of sp³-hybridized carbons (Fsp3) is 0.467. The van der Waals surface area contributed by atoms with Crippen molar-refractivity contribution in [1.82, 2.24) is 10.2 Å². The Balaban J connectivity index is 2.07. The number of carbonyl (C=O) groups is 2. The third-order valence-corrected chi connectivity index (χ3v) is 4.12. The molecule has 1 aromatic rings. The first-order chi connectivity index (χ1) is 10.1. The van der Waals surface area contributed by atoms with Crippen molar-refractivity contribution in [2.45, 2.75) is 19.4 Å². The van der Waals surface area contributed by atoms with Crippen LogP contribution in [0.4, 0.5) is 0 Å². The highest BCUT2D eigenvalue weighted by molar-refractivity contribution is 9.10. The predicted molar refractivity (Wildman–Crippen MR) is 84.3 cm³/mol. The Hall–Kier alpha value is -1.40. The van der Waals surface area contributed by atoms with E-state index in [4.69, 9.17) is 5.73 Å². The largest absolute Gasteiger partial charge is 0.368 e. The second-order valence-corrected chi connectivity index (χ2v) is 6.25. The van der Waals surface area contributed by atoms with Gasteiger partial charge in [0, 0.05) is 17.6 Å². The number of hydrogen-bond donors (Lipinski definition) is 2. The molecule has 2 amide bonds. The van der Waals surface area contributed by atoms with E-state index in [2.05, 4.69) is 21.2 Å². The van der Waals surface area contributed by atoms with Crippen LogP contribution in [0.2, 0.25) is 0 Å². The van der Waals surface area contributed by atoms with Gasteiger partial charge in [-0.3, -0.25) is 9.59 Å². The quantitative estimate of drug-likeness (QED) is 0.836. The number of halogens is 1.